The van der Waals surface area contributed by atoms with E-state index >= 15 is 0 Å². The second-order valence-electron chi connectivity index (χ2n) is 6.86. The summed E-state index contributed by atoms with van der Waals surface area (Å²) in [6.45, 7) is 11.8. The number of aromatic nitrogens is 2. The van der Waals surface area contributed by atoms with Crippen LogP contribution in [-0.2, 0) is 16.4 Å². The molecule has 25 heavy (non-hydrogen) atoms. The number of aryl methyl sites for hydroxylation is 1. The zero-order chi connectivity index (χ0) is 19.0. The summed E-state index contributed by atoms with van der Waals surface area (Å²) in [5.41, 5.74) is -0.469. The Balaban J connectivity index is 0.00000109. The molecule has 2 heterocycles. The SMILES string of the molecule is CC.Cn1ccn(-c2ccc(B3OC(C)(C)C(C)(C)O3)cc2F)c1=O. The van der Waals surface area contributed by atoms with Gasteiger partial charge in [0.15, 0.2) is 0 Å². The fourth-order valence-electron chi connectivity index (χ4n) is 2.49. The van der Waals surface area contributed by atoms with Gasteiger partial charge in [-0.25, -0.2) is 9.18 Å². The first-order chi connectivity index (χ1) is 11.6. The van der Waals surface area contributed by atoms with Gasteiger partial charge in [-0.15, -0.1) is 0 Å². The van der Waals surface area contributed by atoms with Crippen molar-refractivity contribution < 1.29 is 13.7 Å². The van der Waals surface area contributed by atoms with Crippen LogP contribution in [0.3, 0.4) is 0 Å². The van der Waals surface area contributed by atoms with Crippen molar-refractivity contribution in [1.82, 2.24) is 9.13 Å². The fourth-order valence-corrected chi connectivity index (χ4v) is 2.49. The van der Waals surface area contributed by atoms with Crippen molar-refractivity contribution in [3.8, 4) is 5.69 Å². The van der Waals surface area contributed by atoms with Crippen LogP contribution in [-0.4, -0.2) is 27.5 Å². The Hall–Kier alpha value is -1.86. The van der Waals surface area contributed by atoms with E-state index < -0.39 is 24.1 Å². The first kappa shape index (κ1) is 19.5. The lowest BCUT2D eigenvalue weighted by molar-refractivity contribution is 0.00578. The van der Waals surface area contributed by atoms with Gasteiger partial charge in [0, 0.05) is 19.4 Å². The molecule has 1 fully saturated rings. The molecule has 0 N–H and O–H groups in total. The number of benzene rings is 1. The van der Waals surface area contributed by atoms with Crippen LogP contribution >= 0.6 is 0 Å². The Morgan fingerprint density at radius 2 is 1.60 bits per heavy atom. The van der Waals surface area contributed by atoms with Gasteiger partial charge in [0.05, 0.1) is 16.9 Å². The van der Waals surface area contributed by atoms with Gasteiger partial charge in [0.2, 0.25) is 0 Å². The molecular weight excluding hydrogens is 322 g/mol. The summed E-state index contributed by atoms with van der Waals surface area (Å²) >= 11 is 0. The van der Waals surface area contributed by atoms with Crippen LogP contribution in [0.5, 0.6) is 0 Å². The zero-order valence-electron chi connectivity index (χ0n) is 16.0. The molecule has 5 nitrogen and oxygen atoms in total. The van der Waals surface area contributed by atoms with Crippen molar-refractivity contribution in [3.63, 3.8) is 0 Å². The molecule has 2 aromatic rings. The molecule has 1 aromatic heterocycles. The van der Waals surface area contributed by atoms with E-state index in [1.807, 2.05) is 41.5 Å². The van der Waals surface area contributed by atoms with Crippen molar-refractivity contribution >= 4 is 12.6 Å². The van der Waals surface area contributed by atoms with Crippen molar-refractivity contribution in [3.05, 3.63) is 46.9 Å². The Bertz CT molecular complexity index is 795. The first-order valence-corrected chi connectivity index (χ1v) is 8.52. The maximum atomic E-state index is 14.5. The third-order valence-corrected chi connectivity index (χ3v) is 4.70. The Morgan fingerprint density at radius 3 is 2.04 bits per heavy atom. The van der Waals surface area contributed by atoms with Crippen molar-refractivity contribution in [2.24, 2.45) is 7.05 Å². The van der Waals surface area contributed by atoms with E-state index in [1.165, 1.54) is 21.4 Å². The highest BCUT2D eigenvalue weighted by atomic mass is 19.1. The molecule has 0 amide bonds. The molecule has 1 aliphatic heterocycles. The fraction of sp³-hybridized carbons (Fsp3) is 0.500. The summed E-state index contributed by atoms with van der Waals surface area (Å²) in [5, 5.41) is 0. The van der Waals surface area contributed by atoms with E-state index in [1.54, 1.807) is 25.4 Å². The Morgan fingerprint density at radius 1 is 1.04 bits per heavy atom. The second-order valence-corrected chi connectivity index (χ2v) is 6.86. The third kappa shape index (κ3) is 3.44. The minimum atomic E-state index is -0.629. The predicted molar refractivity (Wildman–Crippen MR) is 98.0 cm³/mol. The summed E-state index contributed by atoms with van der Waals surface area (Å²) in [7, 11) is 0.992. The molecule has 0 bridgehead atoms. The topological polar surface area (TPSA) is 45.4 Å². The molecule has 1 aromatic carbocycles. The molecule has 0 aliphatic carbocycles. The van der Waals surface area contributed by atoms with Gasteiger partial charge >= 0.3 is 12.8 Å². The molecule has 3 rings (SSSR count). The van der Waals surface area contributed by atoms with Gasteiger partial charge in [-0.2, -0.15) is 0 Å². The molecule has 1 aliphatic rings. The molecule has 0 radical (unpaired) electrons. The summed E-state index contributed by atoms with van der Waals surface area (Å²) in [6, 6.07) is 4.65. The lowest BCUT2D eigenvalue weighted by Gasteiger charge is -2.32. The molecule has 7 heteroatoms. The van der Waals surface area contributed by atoms with Gasteiger partial charge in [-0.3, -0.25) is 4.57 Å². The number of hydrogen-bond donors (Lipinski definition) is 0. The van der Waals surface area contributed by atoms with Gasteiger partial charge in [-0.1, -0.05) is 19.9 Å². The lowest BCUT2D eigenvalue weighted by atomic mass is 9.79. The highest BCUT2D eigenvalue weighted by molar-refractivity contribution is 6.62. The lowest BCUT2D eigenvalue weighted by Crippen LogP contribution is -2.41. The number of nitrogens with zero attached hydrogens (tertiary/aromatic N) is 2. The number of halogens is 1. The largest absolute Gasteiger partial charge is 0.494 e. The zero-order valence-corrected chi connectivity index (χ0v) is 16.0. The van der Waals surface area contributed by atoms with Gasteiger partial charge in [0.1, 0.15) is 5.82 Å². The van der Waals surface area contributed by atoms with E-state index in [4.69, 9.17) is 9.31 Å². The normalized spacial score (nSPS) is 18.0. The molecule has 0 saturated carbocycles. The quantitative estimate of drug-likeness (QED) is 0.784. The van der Waals surface area contributed by atoms with Crippen LogP contribution < -0.4 is 11.2 Å². The monoisotopic (exact) mass is 348 g/mol. The van der Waals surface area contributed by atoms with E-state index in [2.05, 4.69) is 0 Å². The first-order valence-electron chi connectivity index (χ1n) is 8.52. The van der Waals surface area contributed by atoms with Crippen LogP contribution in [0.25, 0.3) is 5.69 Å². The van der Waals surface area contributed by atoms with Gasteiger partial charge < -0.3 is 13.9 Å². The highest BCUT2D eigenvalue weighted by Gasteiger charge is 2.51. The summed E-state index contributed by atoms with van der Waals surface area (Å²) in [6.07, 6.45) is 3.12. The minimum absolute atomic E-state index is 0.205. The standard InChI is InChI=1S/C16H20BFN2O3.C2H6/c1-15(2)16(3,4)23-17(22-15)11-6-7-13(12(18)10-11)20-9-8-19(5)14(20)21;1-2/h6-10H,1-5H3;1-2H3. The summed E-state index contributed by atoms with van der Waals surface area (Å²) in [4.78, 5) is 11.9. The van der Waals surface area contributed by atoms with Crippen molar-refractivity contribution in [2.45, 2.75) is 52.7 Å². The smallest absolute Gasteiger partial charge is 0.399 e. The predicted octanol–water partition coefficient (Wildman–Crippen LogP) is 2.64. The average Bonchev–Trinajstić information content (AvgIpc) is 2.98. The molecular formula is C18H26BFN2O3. The summed E-state index contributed by atoms with van der Waals surface area (Å²) in [5.74, 6) is -0.495. The third-order valence-electron chi connectivity index (χ3n) is 4.70. The maximum absolute atomic E-state index is 14.5. The summed E-state index contributed by atoms with van der Waals surface area (Å²) < 4.78 is 29.0. The van der Waals surface area contributed by atoms with E-state index in [9.17, 15) is 9.18 Å². The molecule has 136 valence electrons. The van der Waals surface area contributed by atoms with Crippen LogP contribution in [0.4, 0.5) is 4.39 Å². The van der Waals surface area contributed by atoms with Crippen LogP contribution in [0.15, 0.2) is 35.4 Å². The van der Waals surface area contributed by atoms with E-state index in [0.29, 0.717) is 5.46 Å². The van der Waals surface area contributed by atoms with Gasteiger partial charge in [-0.05, 0) is 45.3 Å². The van der Waals surface area contributed by atoms with Gasteiger partial charge in [0.25, 0.3) is 0 Å². The number of hydrogen-bond acceptors (Lipinski definition) is 3. The van der Waals surface area contributed by atoms with Crippen molar-refractivity contribution in [1.29, 1.82) is 0 Å². The van der Waals surface area contributed by atoms with Crippen molar-refractivity contribution in [2.75, 3.05) is 0 Å². The molecule has 0 spiro atoms. The maximum Gasteiger partial charge on any atom is 0.494 e. The molecule has 0 atom stereocenters. The van der Waals surface area contributed by atoms with E-state index in [0.717, 1.165) is 0 Å². The minimum Gasteiger partial charge on any atom is -0.399 e. The van der Waals surface area contributed by atoms with Crippen LogP contribution in [0.1, 0.15) is 41.5 Å². The molecule has 0 unspecified atom stereocenters. The van der Waals surface area contributed by atoms with Crippen LogP contribution in [0, 0.1) is 5.82 Å². The van der Waals surface area contributed by atoms with Crippen LogP contribution in [0.2, 0.25) is 0 Å². The number of imidazole rings is 1. The highest BCUT2D eigenvalue weighted by Crippen LogP contribution is 2.36. The second kappa shape index (κ2) is 6.80. The Labute approximate surface area is 148 Å². The van der Waals surface area contributed by atoms with E-state index in [-0.39, 0.29) is 11.4 Å². The number of rotatable bonds is 2. The Kier molecular flexibility index (Phi) is 5.30. The average molecular weight is 348 g/mol. The molecule has 1 saturated heterocycles.